The minimum Gasteiger partial charge on any atom is -0.377 e. The number of hydrogen-bond acceptors (Lipinski definition) is 3. The van der Waals surface area contributed by atoms with Gasteiger partial charge in [0.15, 0.2) is 0 Å². The summed E-state index contributed by atoms with van der Waals surface area (Å²) in [6.45, 7) is 10.9. The molecule has 2 heterocycles. The monoisotopic (exact) mass is 291 g/mol. The minimum atomic E-state index is 0.268. The molecule has 0 unspecified atom stereocenters. The summed E-state index contributed by atoms with van der Waals surface area (Å²) in [5, 5.41) is 8.31. The molecule has 0 spiro atoms. The van der Waals surface area contributed by atoms with E-state index in [4.69, 9.17) is 4.74 Å². The standard InChI is InChI=1S/C17H29N3O/c1-11-13(12(2)20(5)19-11)8-9-18-15-14-7-6-10-21-16(14)17(15,3)4/h14-16,18H,6-10H2,1-5H3/t14-,15+,16+/m0/s1. The lowest BCUT2D eigenvalue weighted by Gasteiger charge is -2.60. The third-order valence-electron chi connectivity index (χ3n) is 5.73. The molecule has 1 aromatic heterocycles. The highest BCUT2D eigenvalue weighted by atomic mass is 16.5. The lowest BCUT2D eigenvalue weighted by molar-refractivity contribution is -0.192. The molecule has 3 atom stereocenters. The van der Waals surface area contributed by atoms with Crippen LogP contribution in [0, 0.1) is 25.2 Å². The van der Waals surface area contributed by atoms with Gasteiger partial charge in [0.25, 0.3) is 0 Å². The Kier molecular flexibility index (Phi) is 3.87. The van der Waals surface area contributed by atoms with E-state index in [-0.39, 0.29) is 5.41 Å². The molecule has 21 heavy (non-hydrogen) atoms. The van der Waals surface area contributed by atoms with Crippen LogP contribution < -0.4 is 5.32 Å². The Hall–Kier alpha value is -0.870. The molecule has 1 aliphatic heterocycles. The van der Waals surface area contributed by atoms with Crippen LogP contribution in [-0.4, -0.2) is 35.1 Å². The summed E-state index contributed by atoms with van der Waals surface area (Å²) in [6.07, 6.45) is 4.06. The van der Waals surface area contributed by atoms with Crippen molar-refractivity contribution in [3.05, 3.63) is 17.0 Å². The normalized spacial score (nSPS) is 30.8. The predicted octanol–water partition coefficient (Wildman–Crippen LogP) is 2.37. The van der Waals surface area contributed by atoms with Crippen LogP contribution in [0.1, 0.15) is 43.6 Å². The third-order valence-corrected chi connectivity index (χ3v) is 5.73. The van der Waals surface area contributed by atoms with Gasteiger partial charge in [0.05, 0.1) is 11.8 Å². The van der Waals surface area contributed by atoms with Crippen LogP contribution in [0.2, 0.25) is 0 Å². The van der Waals surface area contributed by atoms with Gasteiger partial charge < -0.3 is 10.1 Å². The summed E-state index contributed by atoms with van der Waals surface area (Å²) in [5.41, 5.74) is 4.13. The highest BCUT2D eigenvalue weighted by Gasteiger charge is 2.57. The lowest BCUT2D eigenvalue weighted by atomic mass is 9.55. The van der Waals surface area contributed by atoms with Crippen molar-refractivity contribution in [1.29, 1.82) is 0 Å². The van der Waals surface area contributed by atoms with Crippen LogP contribution in [-0.2, 0) is 18.2 Å². The number of ether oxygens (including phenoxy) is 1. The van der Waals surface area contributed by atoms with Gasteiger partial charge in [-0.2, -0.15) is 5.10 Å². The van der Waals surface area contributed by atoms with Crippen molar-refractivity contribution in [2.75, 3.05) is 13.2 Å². The van der Waals surface area contributed by atoms with Crippen molar-refractivity contribution in [3.63, 3.8) is 0 Å². The van der Waals surface area contributed by atoms with E-state index in [0.717, 1.165) is 19.6 Å². The Morgan fingerprint density at radius 3 is 2.81 bits per heavy atom. The zero-order valence-electron chi connectivity index (χ0n) is 14.1. The molecular weight excluding hydrogens is 262 g/mol. The van der Waals surface area contributed by atoms with Gasteiger partial charge in [0.1, 0.15) is 0 Å². The number of fused-ring (bicyclic) bond motifs is 1. The maximum Gasteiger partial charge on any atom is 0.0684 e. The number of nitrogens with zero attached hydrogens (tertiary/aromatic N) is 2. The van der Waals surface area contributed by atoms with Crippen molar-refractivity contribution in [1.82, 2.24) is 15.1 Å². The van der Waals surface area contributed by atoms with Gasteiger partial charge >= 0.3 is 0 Å². The SMILES string of the molecule is Cc1nn(C)c(C)c1CCN[C@@H]1[C@@H]2CCCO[C@H]2C1(C)C. The molecule has 0 radical (unpaired) electrons. The zero-order valence-corrected chi connectivity index (χ0v) is 14.1. The van der Waals surface area contributed by atoms with Crippen molar-refractivity contribution in [3.8, 4) is 0 Å². The maximum absolute atomic E-state index is 5.98. The molecule has 1 N–H and O–H groups in total. The largest absolute Gasteiger partial charge is 0.377 e. The molecule has 0 amide bonds. The summed E-state index contributed by atoms with van der Waals surface area (Å²) in [5.74, 6) is 0.713. The summed E-state index contributed by atoms with van der Waals surface area (Å²) in [4.78, 5) is 0. The first-order valence-electron chi connectivity index (χ1n) is 8.27. The van der Waals surface area contributed by atoms with Crippen LogP contribution >= 0.6 is 0 Å². The Morgan fingerprint density at radius 2 is 2.14 bits per heavy atom. The van der Waals surface area contributed by atoms with Crippen LogP contribution in [0.4, 0.5) is 0 Å². The molecule has 2 fully saturated rings. The topological polar surface area (TPSA) is 39.1 Å². The number of rotatable bonds is 4. The highest BCUT2D eigenvalue weighted by molar-refractivity contribution is 5.24. The van der Waals surface area contributed by atoms with E-state index in [2.05, 4.69) is 38.1 Å². The van der Waals surface area contributed by atoms with Gasteiger partial charge in [-0.1, -0.05) is 13.8 Å². The first-order valence-corrected chi connectivity index (χ1v) is 8.27. The molecule has 2 aliphatic rings. The molecular formula is C17H29N3O. The molecule has 3 rings (SSSR count). The third kappa shape index (κ3) is 2.42. The smallest absolute Gasteiger partial charge is 0.0684 e. The first kappa shape index (κ1) is 15.0. The summed E-state index contributed by atoms with van der Waals surface area (Å²) in [6, 6.07) is 0.597. The highest BCUT2D eigenvalue weighted by Crippen LogP contribution is 2.51. The van der Waals surface area contributed by atoms with Crippen molar-refractivity contribution in [2.45, 2.75) is 59.1 Å². The Balaban J connectivity index is 1.58. The van der Waals surface area contributed by atoms with E-state index < -0.39 is 0 Å². The second-order valence-electron chi connectivity index (χ2n) is 7.37. The van der Waals surface area contributed by atoms with Gasteiger partial charge in [0, 0.05) is 36.7 Å². The van der Waals surface area contributed by atoms with Crippen molar-refractivity contribution in [2.24, 2.45) is 18.4 Å². The van der Waals surface area contributed by atoms with E-state index in [0.29, 0.717) is 18.1 Å². The van der Waals surface area contributed by atoms with Gasteiger partial charge in [-0.05, 0) is 45.2 Å². The fraction of sp³-hybridized carbons (Fsp3) is 0.824. The minimum absolute atomic E-state index is 0.268. The second kappa shape index (κ2) is 5.40. The van der Waals surface area contributed by atoms with Gasteiger partial charge in [-0.15, -0.1) is 0 Å². The Morgan fingerprint density at radius 1 is 1.38 bits per heavy atom. The molecule has 1 saturated carbocycles. The summed E-state index contributed by atoms with van der Waals surface area (Å²) >= 11 is 0. The molecule has 0 bridgehead atoms. The van der Waals surface area contributed by atoms with Crippen LogP contribution in [0.15, 0.2) is 0 Å². The average Bonchev–Trinajstić information content (AvgIpc) is 2.69. The fourth-order valence-electron chi connectivity index (χ4n) is 4.47. The lowest BCUT2D eigenvalue weighted by Crippen LogP contribution is -2.69. The molecule has 4 nitrogen and oxygen atoms in total. The number of nitrogens with one attached hydrogen (secondary N) is 1. The summed E-state index contributed by atoms with van der Waals surface area (Å²) in [7, 11) is 2.03. The van der Waals surface area contributed by atoms with E-state index in [1.165, 1.54) is 29.8 Å². The van der Waals surface area contributed by atoms with Gasteiger partial charge in [0.2, 0.25) is 0 Å². The van der Waals surface area contributed by atoms with Crippen LogP contribution in [0.25, 0.3) is 0 Å². The quantitative estimate of drug-likeness (QED) is 0.925. The van der Waals surface area contributed by atoms with E-state index in [1.54, 1.807) is 0 Å². The Bertz CT molecular complexity index is 520. The molecule has 0 aromatic carbocycles. The molecule has 1 aliphatic carbocycles. The van der Waals surface area contributed by atoms with Gasteiger partial charge in [-0.3, -0.25) is 4.68 Å². The average molecular weight is 291 g/mol. The maximum atomic E-state index is 5.98. The number of hydrogen-bond donors (Lipinski definition) is 1. The Labute approximate surface area is 128 Å². The van der Waals surface area contributed by atoms with E-state index in [1.807, 2.05) is 11.7 Å². The number of aromatic nitrogens is 2. The van der Waals surface area contributed by atoms with Crippen LogP contribution in [0.5, 0.6) is 0 Å². The van der Waals surface area contributed by atoms with E-state index in [9.17, 15) is 0 Å². The molecule has 118 valence electrons. The zero-order chi connectivity index (χ0) is 15.2. The molecule has 1 aromatic rings. The molecule has 4 heteroatoms. The van der Waals surface area contributed by atoms with E-state index >= 15 is 0 Å². The second-order valence-corrected chi connectivity index (χ2v) is 7.37. The summed E-state index contributed by atoms with van der Waals surface area (Å²) < 4.78 is 7.96. The van der Waals surface area contributed by atoms with Crippen molar-refractivity contribution < 1.29 is 4.74 Å². The van der Waals surface area contributed by atoms with Crippen molar-refractivity contribution >= 4 is 0 Å². The fourth-order valence-corrected chi connectivity index (χ4v) is 4.47. The molecule has 1 saturated heterocycles. The van der Waals surface area contributed by atoms with Gasteiger partial charge in [-0.25, -0.2) is 0 Å². The van der Waals surface area contributed by atoms with Crippen LogP contribution in [0.3, 0.4) is 0 Å². The predicted molar refractivity (Wildman–Crippen MR) is 84.4 cm³/mol. The first-order chi connectivity index (χ1) is 9.93. The number of aryl methyl sites for hydroxylation is 2.